The van der Waals surface area contributed by atoms with Gasteiger partial charge < -0.3 is 15.2 Å². The number of nitrogens with zero attached hydrogens (tertiary/aromatic N) is 1. The molecule has 2 heterocycles. The minimum Gasteiger partial charge on any atom is -0.486 e. The molecule has 27 heavy (non-hydrogen) atoms. The lowest BCUT2D eigenvalue weighted by molar-refractivity contribution is 0.0222. The molecule has 3 aromatic rings. The molecule has 0 saturated heterocycles. The number of pyridine rings is 1. The number of fused-ring (bicyclic) bond motifs is 1. The molecule has 0 bridgehead atoms. The topological polar surface area (TPSA) is 54.4 Å². The average Bonchev–Trinajstić information content (AvgIpc) is 2.69. The summed E-state index contributed by atoms with van der Waals surface area (Å²) in [6.07, 6.45) is 3.35. The van der Waals surface area contributed by atoms with E-state index in [1.54, 1.807) is 24.5 Å². The first-order chi connectivity index (χ1) is 13.2. The summed E-state index contributed by atoms with van der Waals surface area (Å²) in [5.74, 6) is 0.590. The number of hydrogen-bond donors (Lipinski definition) is 2. The average molecular weight is 364 g/mol. The second-order valence-corrected chi connectivity index (χ2v) is 6.76. The summed E-state index contributed by atoms with van der Waals surface area (Å²) >= 11 is 0. The van der Waals surface area contributed by atoms with Gasteiger partial charge in [-0.15, -0.1) is 0 Å². The summed E-state index contributed by atoms with van der Waals surface area (Å²) in [4.78, 5) is 4.28. The van der Waals surface area contributed by atoms with Crippen LogP contribution in [0.2, 0.25) is 0 Å². The van der Waals surface area contributed by atoms with Crippen molar-refractivity contribution in [1.29, 1.82) is 0 Å². The molecule has 2 N–H and O–H groups in total. The molecule has 4 rings (SSSR count). The maximum absolute atomic E-state index is 13.1. The molecule has 0 amide bonds. The Hall–Kier alpha value is -2.76. The van der Waals surface area contributed by atoms with Gasteiger partial charge in [-0.1, -0.05) is 30.3 Å². The molecule has 0 spiro atoms. The van der Waals surface area contributed by atoms with Crippen molar-refractivity contribution in [2.45, 2.75) is 25.2 Å². The smallest absolute Gasteiger partial charge is 0.137 e. The zero-order valence-electron chi connectivity index (χ0n) is 14.8. The third-order valence-corrected chi connectivity index (χ3v) is 4.76. The van der Waals surface area contributed by atoms with Crippen LogP contribution in [-0.2, 0) is 13.0 Å². The van der Waals surface area contributed by atoms with Gasteiger partial charge in [-0.25, -0.2) is 4.39 Å². The first-order valence-corrected chi connectivity index (χ1v) is 9.02. The standard InChI is InChI=1S/C22H21FN2O2/c23-19-7-5-16(6-8-19)18-9-15(11-24-13-18)12-25-14-22-20(26)10-17-3-1-2-4-21(17)27-22/h1-9,11,13,20,22,25-26H,10,12,14H2/t20?,22-/m0/s1. The largest absolute Gasteiger partial charge is 0.486 e. The molecule has 5 heteroatoms. The third-order valence-electron chi connectivity index (χ3n) is 4.76. The number of para-hydroxylation sites is 1. The Labute approximate surface area is 157 Å². The van der Waals surface area contributed by atoms with Crippen molar-refractivity contribution in [1.82, 2.24) is 10.3 Å². The Balaban J connectivity index is 1.37. The number of aliphatic hydroxyl groups excluding tert-OH is 1. The lowest BCUT2D eigenvalue weighted by Crippen LogP contribution is -2.44. The van der Waals surface area contributed by atoms with Crippen LogP contribution < -0.4 is 10.1 Å². The SMILES string of the molecule is OC1Cc2ccccc2O[C@H]1CNCc1cncc(-c2ccc(F)cc2)c1. The van der Waals surface area contributed by atoms with Crippen molar-refractivity contribution in [3.05, 3.63) is 83.9 Å². The van der Waals surface area contributed by atoms with Crippen molar-refractivity contribution in [3.8, 4) is 16.9 Å². The van der Waals surface area contributed by atoms with Crippen LogP contribution in [0.3, 0.4) is 0 Å². The molecular weight excluding hydrogens is 343 g/mol. The van der Waals surface area contributed by atoms with Gasteiger partial charge in [-0.3, -0.25) is 4.98 Å². The molecular formula is C22H21FN2O2. The number of benzene rings is 2. The minimum absolute atomic E-state index is 0.253. The Bertz CT molecular complexity index is 914. The van der Waals surface area contributed by atoms with Crippen LogP contribution >= 0.6 is 0 Å². The van der Waals surface area contributed by atoms with Gasteiger partial charge in [-0.05, 0) is 41.0 Å². The third kappa shape index (κ3) is 4.15. The molecule has 4 nitrogen and oxygen atoms in total. The summed E-state index contributed by atoms with van der Waals surface area (Å²) in [7, 11) is 0. The highest BCUT2D eigenvalue weighted by Crippen LogP contribution is 2.27. The Kier molecular flexibility index (Phi) is 5.14. The predicted molar refractivity (Wildman–Crippen MR) is 102 cm³/mol. The number of rotatable bonds is 5. The summed E-state index contributed by atoms with van der Waals surface area (Å²) in [6.45, 7) is 1.15. The fraction of sp³-hybridized carbons (Fsp3) is 0.227. The lowest BCUT2D eigenvalue weighted by atomic mass is 9.99. The quantitative estimate of drug-likeness (QED) is 0.729. The van der Waals surface area contributed by atoms with Gasteiger partial charge >= 0.3 is 0 Å². The van der Waals surface area contributed by atoms with Crippen LogP contribution in [0.5, 0.6) is 5.75 Å². The molecule has 138 valence electrons. The number of aliphatic hydroxyl groups is 1. The highest BCUT2D eigenvalue weighted by atomic mass is 19.1. The zero-order valence-corrected chi connectivity index (χ0v) is 14.8. The molecule has 0 saturated carbocycles. The van der Waals surface area contributed by atoms with E-state index in [0.717, 1.165) is 28.0 Å². The molecule has 2 aromatic carbocycles. The van der Waals surface area contributed by atoms with Gasteiger partial charge in [0.25, 0.3) is 0 Å². The normalized spacial score (nSPS) is 18.6. The summed E-state index contributed by atoms with van der Waals surface area (Å²) < 4.78 is 19.0. The monoisotopic (exact) mass is 364 g/mol. The van der Waals surface area contributed by atoms with Crippen molar-refractivity contribution >= 4 is 0 Å². The van der Waals surface area contributed by atoms with Crippen molar-refractivity contribution in [2.24, 2.45) is 0 Å². The molecule has 2 atom stereocenters. The van der Waals surface area contributed by atoms with Gasteiger partial charge in [0.05, 0.1) is 6.10 Å². The molecule has 0 fully saturated rings. The molecule has 1 unspecified atom stereocenters. The second-order valence-electron chi connectivity index (χ2n) is 6.76. The highest BCUT2D eigenvalue weighted by Gasteiger charge is 2.27. The van der Waals surface area contributed by atoms with E-state index in [9.17, 15) is 9.50 Å². The number of halogens is 1. The molecule has 0 aliphatic carbocycles. The van der Waals surface area contributed by atoms with E-state index in [1.807, 2.05) is 30.3 Å². The molecule has 1 aromatic heterocycles. The second kappa shape index (κ2) is 7.86. The van der Waals surface area contributed by atoms with Crippen LogP contribution in [-0.4, -0.2) is 28.8 Å². The van der Waals surface area contributed by atoms with E-state index in [-0.39, 0.29) is 11.9 Å². The van der Waals surface area contributed by atoms with Gasteiger partial charge in [0, 0.05) is 37.5 Å². The van der Waals surface area contributed by atoms with E-state index >= 15 is 0 Å². The number of nitrogens with one attached hydrogen (secondary N) is 1. The van der Waals surface area contributed by atoms with Crippen molar-refractivity contribution < 1.29 is 14.2 Å². The summed E-state index contributed by atoms with van der Waals surface area (Å²) in [5, 5.41) is 13.7. The fourth-order valence-electron chi connectivity index (χ4n) is 3.31. The Morgan fingerprint density at radius 3 is 2.74 bits per heavy atom. The lowest BCUT2D eigenvalue weighted by Gasteiger charge is -2.30. The Morgan fingerprint density at radius 2 is 1.89 bits per heavy atom. The Morgan fingerprint density at radius 1 is 1.07 bits per heavy atom. The van der Waals surface area contributed by atoms with Gasteiger partial charge in [0.15, 0.2) is 0 Å². The van der Waals surface area contributed by atoms with Crippen LogP contribution in [0.15, 0.2) is 67.0 Å². The van der Waals surface area contributed by atoms with Crippen molar-refractivity contribution in [2.75, 3.05) is 6.54 Å². The summed E-state index contributed by atoms with van der Waals surface area (Å²) in [5.41, 5.74) is 3.92. The van der Waals surface area contributed by atoms with Gasteiger partial charge in [0.1, 0.15) is 17.7 Å². The number of ether oxygens (including phenoxy) is 1. The number of hydrogen-bond acceptors (Lipinski definition) is 4. The zero-order chi connectivity index (χ0) is 18.6. The fourth-order valence-corrected chi connectivity index (χ4v) is 3.31. The van der Waals surface area contributed by atoms with E-state index < -0.39 is 6.10 Å². The van der Waals surface area contributed by atoms with Gasteiger partial charge in [-0.2, -0.15) is 0 Å². The molecule has 1 aliphatic heterocycles. The molecule has 1 aliphatic rings. The predicted octanol–water partition coefficient (Wildman–Crippen LogP) is 3.34. The maximum atomic E-state index is 13.1. The van der Waals surface area contributed by atoms with E-state index in [1.165, 1.54) is 12.1 Å². The van der Waals surface area contributed by atoms with Crippen LogP contribution in [0, 0.1) is 5.82 Å². The maximum Gasteiger partial charge on any atom is 0.137 e. The van der Waals surface area contributed by atoms with Crippen LogP contribution in [0.4, 0.5) is 4.39 Å². The van der Waals surface area contributed by atoms with Crippen LogP contribution in [0.25, 0.3) is 11.1 Å². The number of aromatic nitrogens is 1. The first-order valence-electron chi connectivity index (χ1n) is 9.02. The van der Waals surface area contributed by atoms with Crippen molar-refractivity contribution in [3.63, 3.8) is 0 Å². The first kappa shape index (κ1) is 17.6. The van der Waals surface area contributed by atoms with E-state index in [4.69, 9.17) is 4.74 Å². The van der Waals surface area contributed by atoms with E-state index in [2.05, 4.69) is 10.3 Å². The van der Waals surface area contributed by atoms with Crippen LogP contribution in [0.1, 0.15) is 11.1 Å². The van der Waals surface area contributed by atoms with E-state index in [0.29, 0.717) is 19.5 Å². The highest BCUT2D eigenvalue weighted by molar-refractivity contribution is 5.62. The van der Waals surface area contributed by atoms with Gasteiger partial charge in [0.2, 0.25) is 0 Å². The minimum atomic E-state index is -0.531. The summed E-state index contributed by atoms with van der Waals surface area (Å²) in [6, 6.07) is 16.2. The molecule has 0 radical (unpaired) electrons.